The molecule has 1 fully saturated rings. The van der Waals surface area contributed by atoms with Gasteiger partial charge in [-0.1, -0.05) is 41.4 Å². The highest BCUT2D eigenvalue weighted by atomic mass is 35.5. The van der Waals surface area contributed by atoms with Gasteiger partial charge in [0.05, 0.1) is 28.9 Å². The van der Waals surface area contributed by atoms with Crippen molar-refractivity contribution in [1.82, 2.24) is 16.3 Å². The predicted molar refractivity (Wildman–Crippen MR) is 107 cm³/mol. The molecule has 3 N–H and O–H groups in total. The zero-order valence-corrected chi connectivity index (χ0v) is 16.4. The summed E-state index contributed by atoms with van der Waals surface area (Å²) in [6.07, 6.45) is 2.03. The van der Waals surface area contributed by atoms with Crippen LogP contribution in [0, 0.1) is 0 Å². The molecule has 2 aromatic carbocycles. The van der Waals surface area contributed by atoms with Crippen LogP contribution in [0.2, 0.25) is 10.0 Å². The van der Waals surface area contributed by atoms with E-state index >= 15 is 0 Å². The van der Waals surface area contributed by atoms with E-state index in [9.17, 15) is 9.59 Å². The zero-order chi connectivity index (χ0) is 20.1. The molecule has 0 bridgehead atoms. The fraction of sp³-hybridized carbons (Fsp3) is 0.211. The number of hydrogen-bond donors (Lipinski definition) is 3. The van der Waals surface area contributed by atoms with Gasteiger partial charge in [0.1, 0.15) is 6.04 Å². The highest BCUT2D eigenvalue weighted by Crippen LogP contribution is 2.28. The van der Waals surface area contributed by atoms with Crippen LogP contribution in [0.5, 0.6) is 0 Å². The van der Waals surface area contributed by atoms with Crippen LogP contribution in [-0.2, 0) is 9.53 Å². The molecular formula is C19H18Cl2N4O3. The summed E-state index contributed by atoms with van der Waals surface area (Å²) in [6.45, 7) is 0. The van der Waals surface area contributed by atoms with Gasteiger partial charge in [-0.3, -0.25) is 4.79 Å². The van der Waals surface area contributed by atoms with E-state index in [0.717, 1.165) is 11.1 Å². The second-order valence-electron chi connectivity index (χ2n) is 6.15. The second-order valence-corrected chi connectivity index (χ2v) is 6.97. The first-order valence-electron chi connectivity index (χ1n) is 8.45. The van der Waals surface area contributed by atoms with Crippen LogP contribution in [0.3, 0.4) is 0 Å². The van der Waals surface area contributed by atoms with Crippen LogP contribution in [0.1, 0.15) is 33.9 Å². The molecule has 146 valence electrons. The molecule has 0 spiro atoms. The van der Waals surface area contributed by atoms with Crippen LogP contribution in [0.15, 0.2) is 47.6 Å². The Balaban J connectivity index is 1.53. The van der Waals surface area contributed by atoms with Crippen LogP contribution in [-0.4, -0.2) is 31.2 Å². The molecule has 7 nitrogen and oxygen atoms in total. The number of hydrazone groups is 1. The van der Waals surface area contributed by atoms with Crippen molar-refractivity contribution in [3.05, 3.63) is 69.2 Å². The number of halogens is 2. The largest absolute Gasteiger partial charge is 0.465 e. The molecule has 1 aliphatic heterocycles. The maximum atomic E-state index is 12.3. The highest BCUT2D eigenvalue weighted by Gasteiger charge is 2.30. The Morgan fingerprint density at radius 2 is 1.89 bits per heavy atom. The van der Waals surface area contributed by atoms with E-state index < -0.39 is 12.0 Å². The molecule has 3 rings (SSSR count). The van der Waals surface area contributed by atoms with Gasteiger partial charge in [0.25, 0.3) is 5.91 Å². The Hall–Kier alpha value is -2.45. The molecule has 1 aliphatic rings. The lowest BCUT2D eigenvalue weighted by Crippen LogP contribution is -2.41. The third-order valence-corrected chi connectivity index (χ3v) is 5.02. The summed E-state index contributed by atoms with van der Waals surface area (Å²) in [6, 6.07) is 11.5. The summed E-state index contributed by atoms with van der Waals surface area (Å²) < 4.78 is 4.64. The number of methoxy groups -OCH3 is 1. The predicted octanol–water partition coefficient (Wildman–Crippen LogP) is 2.84. The van der Waals surface area contributed by atoms with Gasteiger partial charge in [-0.25, -0.2) is 21.1 Å². The fourth-order valence-corrected chi connectivity index (χ4v) is 3.05. The normalized spacial score (nSPS) is 19.0. The van der Waals surface area contributed by atoms with Crippen LogP contribution in [0.4, 0.5) is 0 Å². The van der Waals surface area contributed by atoms with Crippen molar-refractivity contribution in [2.45, 2.75) is 18.5 Å². The van der Waals surface area contributed by atoms with Gasteiger partial charge < -0.3 is 4.74 Å². The smallest absolute Gasteiger partial charge is 0.337 e. The molecule has 0 aliphatic carbocycles. The number of ether oxygens (including phenoxy) is 1. The van der Waals surface area contributed by atoms with E-state index in [-0.39, 0.29) is 11.9 Å². The molecule has 1 saturated heterocycles. The Kier molecular flexibility index (Phi) is 6.64. The molecule has 1 heterocycles. The van der Waals surface area contributed by atoms with Gasteiger partial charge in [0.15, 0.2) is 0 Å². The minimum absolute atomic E-state index is 0.0691. The first-order valence-corrected chi connectivity index (χ1v) is 9.21. The van der Waals surface area contributed by atoms with Crippen molar-refractivity contribution < 1.29 is 14.3 Å². The number of esters is 1. The summed E-state index contributed by atoms with van der Waals surface area (Å²) in [5, 5.41) is 4.91. The number of carbonyl (C=O) groups excluding carboxylic acids is 2. The number of nitrogens with zero attached hydrogens (tertiary/aromatic N) is 1. The third-order valence-electron chi connectivity index (χ3n) is 4.29. The summed E-state index contributed by atoms with van der Waals surface area (Å²) in [4.78, 5) is 23.7. The maximum Gasteiger partial charge on any atom is 0.337 e. The summed E-state index contributed by atoms with van der Waals surface area (Å²) in [5.41, 5.74) is 10.6. The lowest BCUT2D eigenvalue weighted by molar-refractivity contribution is -0.122. The monoisotopic (exact) mass is 420 g/mol. The quantitative estimate of drug-likeness (QED) is 0.392. The molecule has 0 aromatic heterocycles. The number of rotatable bonds is 5. The van der Waals surface area contributed by atoms with E-state index in [1.54, 1.807) is 36.4 Å². The SMILES string of the molecule is COC(=O)c1ccc(/C=N\NC(=O)C2CC(c3ccc(Cl)c(Cl)c3)NN2)cc1. The lowest BCUT2D eigenvalue weighted by Gasteiger charge is -2.10. The van der Waals surface area contributed by atoms with Crippen LogP contribution >= 0.6 is 23.2 Å². The number of amides is 1. The van der Waals surface area contributed by atoms with Gasteiger partial charge in [0.2, 0.25) is 0 Å². The number of hydrazine groups is 1. The molecule has 9 heteroatoms. The van der Waals surface area contributed by atoms with Crippen molar-refractivity contribution in [2.75, 3.05) is 7.11 Å². The Bertz CT molecular complexity index is 903. The van der Waals surface area contributed by atoms with Gasteiger partial charge in [-0.2, -0.15) is 5.10 Å². The first kappa shape index (κ1) is 20.3. The minimum atomic E-state index is -0.446. The summed E-state index contributed by atoms with van der Waals surface area (Å²) in [7, 11) is 1.32. The van der Waals surface area contributed by atoms with Crippen molar-refractivity contribution in [3.63, 3.8) is 0 Å². The molecule has 0 radical (unpaired) electrons. The van der Waals surface area contributed by atoms with E-state index in [1.807, 2.05) is 6.07 Å². The fourth-order valence-electron chi connectivity index (χ4n) is 2.75. The maximum absolute atomic E-state index is 12.3. The van der Waals surface area contributed by atoms with Gasteiger partial charge in [-0.05, 0) is 41.8 Å². The van der Waals surface area contributed by atoms with E-state index in [0.29, 0.717) is 22.0 Å². The molecule has 2 atom stereocenters. The second kappa shape index (κ2) is 9.16. The van der Waals surface area contributed by atoms with Crippen LogP contribution < -0.4 is 16.3 Å². The van der Waals surface area contributed by atoms with Crippen molar-refractivity contribution in [2.24, 2.45) is 5.10 Å². The molecule has 2 unspecified atom stereocenters. The third kappa shape index (κ3) is 4.88. The topological polar surface area (TPSA) is 91.8 Å². The summed E-state index contributed by atoms with van der Waals surface area (Å²) in [5.74, 6) is -0.675. The molecule has 28 heavy (non-hydrogen) atoms. The van der Waals surface area contributed by atoms with Crippen LogP contribution in [0.25, 0.3) is 0 Å². The average molecular weight is 421 g/mol. The molecule has 1 amide bonds. The number of carbonyl (C=O) groups is 2. The van der Waals surface area contributed by atoms with Gasteiger partial charge in [0, 0.05) is 6.04 Å². The average Bonchev–Trinajstić information content (AvgIpc) is 3.20. The van der Waals surface area contributed by atoms with Crippen molar-refractivity contribution >= 4 is 41.3 Å². The van der Waals surface area contributed by atoms with E-state index in [2.05, 4.69) is 26.1 Å². The lowest BCUT2D eigenvalue weighted by atomic mass is 10.0. The standard InChI is InChI=1S/C19H18Cl2N4O3/c1-28-19(27)12-4-2-11(3-5-12)10-22-25-18(26)17-9-16(23-24-17)13-6-7-14(20)15(21)8-13/h2-8,10,16-17,23-24H,9H2,1H3,(H,25,26)/b22-10-. The number of hydrogen-bond acceptors (Lipinski definition) is 6. The summed E-state index contributed by atoms with van der Waals surface area (Å²) >= 11 is 12.0. The Morgan fingerprint density at radius 3 is 2.57 bits per heavy atom. The van der Waals surface area contributed by atoms with Gasteiger partial charge in [-0.15, -0.1) is 0 Å². The van der Waals surface area contributed by atoms with E-state index in [1.165, 1.54) is 13.3 Å². The molecule has 2 aromatic rings. The zero-order valence-electron chi connectivity index (χ0n) is 14.9. The highest BCUT2D eigenvalue weighted by molar-refractivity contribution is 6.42. The minimum Gasteiger partial charge on any atom is -0.465 e. The van der Waals surface area contributed by atoms with E-state index in [4.69, 9.17) is 23.2 Å². The van der Waals surface area contributed by atoms with Gasteiger partial charge >= 0.3 is 5.97 Å². The number of benzene rings is 2. The van der Waals surface area contributed by atoms with Crippen molar-refractivity contribution in [3.8, 4) is 0 Å². The Morgan fingerprint density at radius 1 is 1.14 bits per heavy atom. The first-order chi connectivity index (χ1) is 13.5. The Labute approximate surface area is 172 Å². The molecule has 0 saturated carbocycles. The van der Waals surface area contributed by atoms with Crippen molar-refractivity contribution in [1.29, 1.82) is 0 Å². The molecular weight excluding hydrogens is 403 g/mol. The number of nitrogens with one attached hydrogen (secondary N) is 3.